The molecule has 28 heavy (non-hydrogen) atoms. The first-order chi connectivity index (χ1) is 13.5. The van der Waals surface area contributed by atoms with Crippen molar-refractivity contribution in [1.82, 2.24) is 4.98 Å². The zero-order valence-electron chi connectivity index (χ0n) is 15.2. The maximum absolute atomic E-state index is 13.6. The normalized spacial score (nSPS) is 11.1. The molecule has 0 spiro atoms. The Morgan fingerprint density at radius 2 is 2.04 bits per heavy atom. The first-order valence-corrected chi connectivity index (χ1v) is 10.2. The van der Waals surface area contributed by atoms with Crippen LogP contribution in [0.25, 0.3) is 22.0 Å². The van der Waals surface area contributed by atoms with Crippen LogP contribution in [0.5, 0.6) is 0 Å². The molecule has 0 unspecified atom stereocenters. The third-order valence-electron chi connectivity index (χ3n) is 4.71. The average Bonchev–Trinajstić information content (AvgIpc) is 3.10. The molecule has 0 radical (unpaired) electrons. The number of pyridine rings is 1. The minimum absolute atomic E-state index is 0.0455. The third kappa shape index (κ3) is 3.81. The highest BCUT2D eigenvalue weighted by Crippen LogP contribution is 2.28. The van der Waals surface area contributed by atoms with Gasteiger partial charge in [-0.15, -0.1) is 0 Å². The topological polar surface area (TPSA) is 44.9 Å². The van der Waals surface area contributed by atoms with Crippen molar-refractivity contribution in [2.45, 2.75) is 13.3 Å². The van der Waals surface area contributed by atoms with Crippen LogP contribution in [-0.4, -0.2) is 11.5 Å². The highest BCUT2D eigenvalue weighted by molar-refractivity contribution is 7.08. The standard InChI is InChI=1S/C22H18ClFN2OS/c1-13-11-28-12-18(13)14-3-2-4-17(8-14)25-6-5-15-7-16-9-19(23)20(24)10-21(16)26-22(15)27/h2-4,7-12,25H,5-6H2,1H3,(H,26,27). The van der Waals surface area contributed by atoms with Gasteiger partial charge in [-0.1, -0.05) is 23.7 Å². The maximum Gasteiger partial charge on any atom is 0.251 e. The highest BCUT2D eigenvalue weighted by Gasteiger charge is 2.08. The highest BCUT2D eigenvalue weighted by atomic mass is 35.5. The quantitative estimate of drug-likeness (QED) is 0.421. The van der Waals surface area contributed by atoms with E-state index in [4.69, 9.17) is 11.6 Å². The predicted octanol–water partition coefficient (Wildman–Crippen LogP) is 6.01. The fraction of sp³-hybridized carbons (Fsp3) is 0.136. The minimum atomic E-state index is -0.542. The number of benzene rings is 2. The van der Waals surface area contributed by atoms with Crippen LogP contribution in [0.4, 0.5) is 10.1 Å². The molecule has 2 N–H and O–H groups in total. The van der Waals surface area contributed by atoms with Crippen LogP contribution in [0.1, 0.15) is 11.1 Å². The van der Waals surface area contributed by atoms with E-state index in [0.717, 1.165) is 11.1 Å². The molecule has 4 aromatic rings. The fourth-order valence-electron chi connectivity index (χ4n) is 3.23. The summed E-state index contributed by atoms with van der Waals surface area (Å²) in [5, 5.41) is 8.43. The lowest BCUT2D eigenvalue weighted by Gasteiger charge is -2.09. The van der Waals surface area contributed by atoms with Crippen LogP contribution in [0, 0.1) is 12.7 Å². The summed E-state index contributed by atoms with van der Waals surface area (Å²) in [6.45, 7) is 2.71. The number of aromatic nitrogens is 1. The average molecular weight is 413 g/mol. The lowest BCUT2D eigenvalue weighted by atomic mass is 10.0. The molecule has 0 aliphatic rings. The third-order valence-corrected chi connectivity index (χ3v) is 5.87. The molecule has 2 aromatic heterocycles. The van der Waals surface area contributed by atoms with Gasteiger partial charge in [0.15, 0.2) is 0 Å². The van der Waals surface area contributed by atoms with Crippen LogP contribution >= 0.6 is 22.9 Å². The van der Waals surface area contributed by atoms with Crippen LogP contribution in [0.3, 0.4) is 0 Å². The fourth-order valence-corrected chi connectivity index (χ4v) is 4.26. The number of fused-ring (bicyclic) bond motifs is 1. The molecule has 2 aromatic carbocycles. The summed E-state index contributed by atoms with van der Waals surface area (Å²) < 4.78 is 13.6. The van der Waals surface area contributed by atoms with Gasteiger partial charge in [0.2, 0.25) is 0 Å². The van der Waals surface area contributed by atoms with E-state index >= 15 is 0 Å². The molecular formula is C22H18ClFN2OS. The van der Waals surface area contributed by atoms with Crippen molar-refractivity contribution >= 4 is 39.5 Å². The van der Waals surface area contributed by atoms with Gasteiger partial charge >= 0.3 is 0 Å². The van der Waals surface area contributed by atoms with E-state index in [9.17, 15) is 9.18 Å². The van der Waals surface area contributed by atoms with E-state index in [1.807, 2.05) is 12.1 Å². The van der Waals surface area contributed by atoms with Gasteiger partial charge in [-0.05, 0) is 71.1 Å². The Hall–Kier alpha value is -2.63. The number of aromatic amines is 1. The maximum atomic E-state index is 13.6. The molecule has 3 nitrogen and oxygen atoms in total. The summed E-state index contributed by atoms with van der Waals surface area (Å²) in [7, 11) is 0. The first-order valence-electron chi connectivity index (χ1n) is 8.89. The smallest absolute Gasteiger partial charge is 0.251 e. The van der Waals surface area contributed by atoms with E-state index in [2.05, 4.69) is 40.1 Å². The molecule has 6 heteroatoms. The summed E-state index contributed by atoms with van der Waals surface area (Å²) in [5.74, 6) is -0.542. The Bertz CT molecular complexity index is 1210. The number of halogens is 2. The summed E-state index contributed by atoms with van der Waals surface area (Å²) in [4.78, 5) is 15.0. The largest absolute Gasteiger partial charge is 0.385 e. The molecule has 0 saturated carbocycles. The van der Waals surface area contributed by atoms with Crippen LogP contribution in [0.15, 0.2) is 58.0 Å². The van der Waals surface area contributed by atoms with Crippen LogP contribution in [-0.2, 0) is 6.42 Å². The van der Waals surface area contributed by atoms with Gasteiger partial charge in [-0.2, -0.15) is 11.3 Å². The molecule has 0 amide bonds. The Kier molecular flexibility index (Phi) is 5.20. The van der Waals surface area contributed by atoms with Crippen molar-refractivity contribution in [3.63, 3.8) is 0 Å². The molecule has 0 aliphatic heterocycles. The van der Waals surface area contributed by atoms with Gasteiger partial charge in [0.1, 0.15) is 5.82 Å². The number of hydrogen-bond donors (Lipinski definition) is 2. The van der Waals surface area contributed by atoms with Crippen LogP contribution in [0.2, 0.25) is 5.02 Å². The van der Waals surface area contributed by atoms with Crippen molar-refractivity contribution < 1.29 is 4.39 Å². The van der Waals surface area contributed by atoms with Gasteiger partial charge in [0.05, 0.1) is 10.5 Å². The lowest BCUT2D eigenvalue weighted by molar-refractivity contribution is 0.629. The second-order valence-corrected chi connectivity index (χ2v) is 7.85. The Morgan fingerprint density at radius 1 is 1.18 bits per heavy atom. The number of anilines is 1. The van der Waals surface area contributed by atoms with E-state index in [1.165, 1.54) is 28.8 Å². The summed E-state index contributed by atoms with van der Waals surface area (Å²) in [6, 6.07) is 12.8. The van der Waals surface area contributed by atoms with E-state index in [1.54, 1.807) is 17.4 Å². The molecule has 0 saturated heterocycles. The second kappa shape index (κ2) is 7.78. The Morgan fingerprint density at radius 3 is 2.82 bits per heavy atom. The zero-order chi connectivity index (χ0) is 19.7. The molecule has 142 valence electrons. The van der Waals surface area contributed by atoms with Gasteiger partial charge < -0.3 is 10.3 Å². The van der Waals surface area contributed by atoms with Crippen molar-refractivity contribution in [2.24, 2.45) is 0 Å². The van der Waals surface area contributed by atoms with E-state index in [0.29, 0.717) is 24.0 Å². The number of aryl methyl sites for hydroxylation is 1. The number of nitrogens with one attached hydrogen (secondary N) is 2. The predicted molar refractivity (Wildman–Crippen MR) is 116 cm³/mol. The molecule has 0 aliphatic carbocycles. The SMILES string of the molecule is Cc1cscc1-c1cccc(NCCc2cc3cc(Cl)c(F)cc3[nH]c2=O)c1. The first kappa shape index (κ1) is 18.7. The van der Waals surface area contributed by atoms with E-state index in [-0.39, 0.29) is 10.6 Å². The second-order valence-electron chi connectivity index (χ2n) is 6.70. The van der Waals surface area contributed by atoms with Crippen molar-refractivity contribution in [1.29, 1.82) is 0 Å². The Balaban J connectivity index is 1.50. The molecule has 0 bridgehead atoms. The number of rotatable bonds is 5. The van der Waals surface area contributed by atoms with Crippen molar-refractivity contribution in [2.75, 3.05) is 11.9 Å². The lowest BCUT2D eigenvalue weighted by Crippen LogP contribution is -2.16. The summed E-state index contributed by atoms with van der Waals surface area (Å²) in [6.07, 6.45) is 0.544. The van der Waals surface area contributed by atoms with Crippen molar-refractivity contribution in [3.05, 3.63) is 85.5 Å². The minimum Gasteiger partial charge on any atom is -0.385 e. The van der Waals surface area contributed by atoms with E-state index < -0.39 is 5.82 Å². The summed E-state index contributed by atoms with van der Waals surface area (Å²) >= 11 is 7.55. The number of hydrogen-bond acceptors (Lipinski definition) is 3. The molecule has 0 atom stereocenters. The van der Waals surface area contributed by atoms with Gasteiger partial charge in [-0.25, -0.2) is 4.39 Å². The molecular weight excluding hydrogens is 395 g/mol. The van der Waals surface area contributed by atoms with Gasteiger partial charge in [0.25, 0.3) is 5.56 Å². The zero-order valence-corrected chi connectivity index (χ0v) is 16.8. The summed E-state index contributed by atoms with van der Waals surface area (Å²) in [5.41, 5.74) is 5.55. The monoisotopic (exact) mass is 412 g/mol. The molecule has 0 fully saturated rings. The molecule has 2 heterocycles. The number of H-pyrrole nitrogens is 1. The number of thiophene rings is 1. The Labute approximate surface area is 170 Å². The van der Waals surface area contributed by atoms with Crippen LogP contribution < -0.4 is 10.9 Å². The molecule has 4 rings (SSSR count). The van der Waals surface area contributed by atoms with Crippen molar-refractivity contribution in [3.8, 4) is 11.1 Å². The van der Waals surface area contributed by atoms with Gasteiger partial charge in [0, 0.05) is 23.2 Å². The van der Waals surface area contributed by atoms with Gasteiger partial charge in [-0.3, -0.25) is 4.79 Å².